The van der Waals surface area contributed by atoms with E-state index in [0.29, 0.717) is 37.9 Å². The summed E-state index contributed by atoms with van der Waals surface area (Å²) in [6.45, 7) is -0.0968. The van der Waals surface area contributed by atoms with E-state index in [1.54, 1.807) is 17.6 Å². The molecule has 0 saturated carbocycles. The van der Waals surface area contributed by atoms with Gasteiger partial charge in [0.05, 0.1) is 4.47 Å². The molecule has 218 valence electrons. The highest BCUT2D eigenvalue weighted by atomic mass is 79.9. The summed E-state index contributed by atoms with van der Waals surface area (Å²) < 4.78 is 1.18. The van der Waals surface area contributed by atoms with E-state index < -0.39 is 29.2 Å². The molecule has 2 aromatic heterocycles. The summed E-state index contributed by atoms with van der Waals surface area (Å²) >= 11 is 8.24. The molecule has 2 aliphatic rings. The van der Waals surface area contributed by atoms with Crippen LogP contribution in [-0.4, -0.2) is 83.1 Å². The second kappa shape index (κ2) is 13.2. The molecule has 3 amide bonds. The Balaban J connectivity index is 1.32. The Morgan fingerprint density at radius 2 is 2.17 bits per heavy atom. The number of aromatic hydroxyl groups is 1. The lowest BCUT2D eigenvalue weighted by Gasteiger charge is -2.49. The molecule has 1 unspecified atom stereocenters. The summed E-state index contributed by atoms with van der Waals surface area (Å²) in [4.78, 5) is 60.2. The van der Waals surface area contributed by atoms with E-state index in [1.165, 1.54) is 51.2 Å². The number of hydrogen-bond acceptors (Lipinski definition) is 14. The molecule has 42 heavy (non-hydrogen) atoms. The molecule has 2 aliphatic heterocycles. The SMILES string of the molecule is O=CNc1nc(/C(=N\OCc2ccc(Br)c(O)c2)C(=O)NC2C(=O)N3C(C(=O)O)=C(CSc4nncs4)CS[C@H]23)cs1. The average molecular weight is 713 g/mol. The zero-order valence-electron chi connectivity index (χ0n) is 20.9. The second-order valence-corrected chi connectivity index (χ2v) is 13.3. The monoisotopic (exact) mass is 711 g/mol. The van der Waals surface area contributed by atoms with Crippen molar-refractivity contribution < 1.29 is 34.2 Å². The number of nitrogens with one attached hydrogen (secondary N) is 2. The van der Waals surface area contributed by atoms with Gasteiger partial charge in [0, 0.05) is 16.9 Å². The number of aliphatic carboxylic acids is 1. The van der Waals surface area contributed by atoms with Crippen LogP contribution in [0.2, 0.25) is 0 Å². The summed E-state index contributed by atoms with van der Waals surface area (Å²) in [6.07, 6.45) is 0.437. The molecule has 5 rings (SSSR count). The van der Waals surface area contributed by atoms with Crippen molar-refractivity contribution in [1.82, 2.24) is 25.4 Å². The first kappa shape index (κ1) is 30.0. The highest BCUT2D eigenvalue weighted by Crippen LogP contribution is 2.41. The topological polar surface area (TPSA) is 196 Å². The van der Waals surface area contributed by atoms with Crippen molar-refractivity contribution in [1.29, 1.82) is 0 Å². The van der Waals surface area contributed by atoms with E-state index in [-0.39, 0.29) is 34.6 Å². The smallest absolute Gasteiger partial charge is 0.352 e. The fourth-order valence-electron chi connectivity index (χ4n) is 3.90. The van der Waals surface area contributed by atoms with Crippen molar-refractivity contribution in [2.75, 3.05) is 16.8 Å². The predicted molar refractivity (Wildman–Crippen MR) is 159 cm³/mol. The van der Waals surface area contributed by atoms with Gasteiger partial charge >= 0.3 is 5.97 Å². The molecule has 1 saturated heterocycles. The van der Waals surface area contributed by atoms with Crippen molar-refractivity contribution in [2.24, 2.45) is 5.16 Å². The predicted octanol–water partition coefficient (Wildman–Crippen LogP) is 2.48. The van der Waals surface area contributed by atoms with E-state index in [2.05, 4.69) is 46.9 Å². The lowest BCUT2D eigenvalue weighted by molar-refractivity contribution is -0.150. The third kappa shape index (κ3) is 6.43. The van der Waals surface area contributed by atoms with Gasteiger partial charge in [-0.05, 0) is 39.2 Å². The van der Waals surface area contributed by atoms with Crippen LogP contribution in [0.4, 0.5) is 5.13 Å². The maximum Gasteiger partial charge on any atom is 0.352 e. The molecule has 19 heteroatoms. The van der Waals surface area contributed by atoms with Crippen LogP contribution in [0.1, 0.15) is 11.3 Å². The number of anilines is 1. The number of nitrogens with zero attached hydrogens (tertiary/aromatic N) is 5. The lowest BCUT2D eigenvalue weighted by atomic mass is 10.0. The Hall–Kier alpha value is -3.52. The largest absolute Gasteiger partial charge is 0.507 e. The molecule has 3 aromatic rings. The number of carbonyl (C=O) groups excluding carboxylic acids is 3. The third-order valence-electron chi connectivity index (χ3n) is 5.79. The quantitative estimate of drug-likeness (QED) is 0.0706. The van der Waals surface area contributed by atoms with Crippen molar-refractivity contribution >= 4 is 97.2 Å². The standard InChI is InChI=1S/C23H18BrN7O7S4/c24-12-2-1-10(3-14(12)33)4-38-30-15(13-7-40-22(27-13)25-8-32)18(34)28-16-19(35)31-17(21(36)37)11(5-39-20(16)31)6-41-23-29-26-9-42-23/h1-3,7-9,16,20,33H,4-6H2,(H,28,34)(H,36,37)(H,25,27,32)/b30-15+/t16?,20-/m1/s1. The molecule has 2 atom stereocenters. The van der Waals surface area contributed by atoms with E-state index in [0.717, 1.165) is 11.3 Å². The van der Waals surface area contributed by atoms with E-state index in [9.17, 15) is 29.4 Å². The Labute approximate surface area is 261 Å². The molecule has 1 aromatic carbocycles. The third-order valence-corrected chi connectivity index (χ3v) is 10.5. The van der Waals surface area contributed by atoms with Gasteiger partial charge in [-0.3, -0.25) is 19.3 Å². The molecule has 0 aliphatic carbocycles. The number of carboxylic acids is 1. The zero-order valence-corrected chi connectivity index (χ0v) is 25.8. The van der Waals surface area contributed by atoms with Crippen LogP contribution >= 0.6 is 62.1 Å². The second-order valence-electron chi connectivity index (χ2n) is 8.41. The van der Waals surface area contributed by atoms with Crippen LogP contribution in [0.15, 0.2) is 54.3 Å². The van der Waals surface area contributed by atoms with Gasteiger partial charge in [0.15, 0.2) is 15.2 Å². The van der Waals surface area contributed by atoms with Crippen molar-refractivity contribution in [2.45, 2.75) is 22.4 Å². The highest BCUT2D eigenvalue weighted by Gasteiger charge is 2.54. The fourth-order valence-corrected chi connectivity index (χ4v) is 7.78. The summed E-state index contributed by atoms with van der Waals surface area (Å²) in [5, 5.41) is 37.5. The van der Waals surface area contributed by atoms with Crippen LogP contribution in [0.5, 0.6) is 5.75 Å². The van der Waals surface area contributed by atoms with Gasteiger partial charge in [0.25, 0.3) is 11.8 Å². The van der Waals surface area contributed by atoms with Crippen LogP contribution in [0.25, 0.3) is 0 Å². The first-order chi connectivity index (χ1) is 20.3. The van der Waals surface area contributed by atoms with Crippen molar-refractivity contribution in [3.8, 4) is 5.75 Å². The van der Waals surface area contributed by atoms with E-state index in [1.807, 2.05) is 0 Å². The number of hydrogen-bond donors (Lipinski definition) is 4. The molecular weight excluding hydrogens is 694 g/mol. The number of carbonyl (C=O) groups is 4. The number of aromatic nitrogens is 3. The van der Waals surface area contributed by atoms with E-state index in [4.69, 9.17) is 4.84 Å². The number of phenols is 1. The van der Waals surface area contributed by atoms with Gasteiger partial charge in [0.2, 0.25) is 6.41 Å². The number of carboxylic acid groups (broad SMARTS) is 1. The number of thiazole rings is 1. The molecule has 1 fully saturated rings. The van der Waals surface area contributed by atoms with Gasteiger partial charge in [-0.15, -0.1) is 33.3 Å². The van der Waals surface area contributed by atoms with Gasteiger partial charge < -0.3 is 25.7 Å². The first-order valence-electron chi connectivity index (χ1n) is 11.7. The maximum atomic E-state index is 13.4. The molecule has 0 spiro atoms. The number of amides is 3. The Morgan fingerprint density at radius 3 is 2.88 bits per heavy atom. The number of phenolic OH excluding ortho intramolecular Hbond substituents is 1. The molecule has 4 heterocycles. The number of rotatable bonds is 12. The number of fused-ring (bicyclic) bond motifs is 1. The summed E-state index contributed by atoms with van der Waals surface area (Å²) in [5.41, 5.74) is 2.42. The molecular formula is C23H18BrN7O7S4. The minimum atomic E-state index is -1.24. The average Bonchev–Trinajstić information content (AvgIpc) is 3.67. The minimum Gasteiger partial charge on any atom is -0.507 e. The van der Waals surface area contributed by atoms with Crippen LogP contribution in [0.3, 0.4) is 0 Å². The highest BCUT2D eigenvalue weighted by molar-refractivity contribution is 9.10. The number of β-lactam (4-membered cyclic amide) rings is 1. The summed E-state index contributed by atoms with van der Waals surface area (Å²) in [6, 6.07) is 3.75. The van der Waals surface area contributed by atoms with Gasteiger partial charge in [-0.25, -0.2) is 9.78 Å². The normalized spacial score (nSPS) is 18.3. The van der Waals surface area contributed by atoms with Crippen LogP contribution in [-0.2, 0) is 30.6 Å². The van der Waals surface area contributed by atoms with Crippen molar-refractivity contribution in [3.63, 3.8) is 0 Å². The first-order valence-corrected chi connectivity index (χ1v) is 16.3. The van der Waals surface area contributed by atoms with Gasteiger partial charge in [-0.2, -0.15) is 0 Å². The van der Waals surface area contributed by atoms with Crippen LogP contribution in [0, 0.1) is 0 Å². The zero-order chi connectivity index (χ0) is 29.8. The number of benzene rings is 1. The molecule has 0 radical (unpaired) electrons. The van der Waals surface area contributed by atoms with Crippen molar-refractivity contribution in [3.05, 3.63) is 56.1 Å². The number of halogens is 1. The van der Waals surface area contributed by atoms with Crippen LogP contribution < -0.4 is 10.6 Å². The lowest BCUT2D eigenvalue weighted by Crippen LogP contribution is -2.71. The summed E-state index contributed by atoms with van der Waals surface area (Å²) in [7, 11) is 0. The summed E-state index contributed by atoms with van der Waals surface area (Å²) in [5.74, 6) is -1.94. The van der Waals surface area contributed by atoms with E-state index >= 15 is 0 Å². The fraction of sp³-hybridized carbons (Fsp3) is 0.217. The Kier molecular flexibility index (Phi) is 9.41. The molecule has 0 bridgehead atoms. The number of thioether (sulfide) groups is 2. The molecule has 4 N–H and O–H groups in total. The van der Waals surface area contributed by atoms with Gasteiger partial charge in [-0.1, -0.05) is 34.3 Å². The van der Waals surface area contributed by atoms with Gasteiger partial charge in [0.1, 0.15) is 40.7 Å². The Morgan fingerprint density at radius 1 is 1.33 bits per heavy atom. The Bertz CT molecular complexity index is 1600. The minimum absolute atomic E-state index is 0.00288. The maximum absolute atomic E-state index is 13.4. The number of oxime groups is 1. The molecule has 14 nitrogen and oxygen atoms in total.